The zero-order valence-corrected chi connectivity index (χ0v) is 14.8. The lowest BCUT2D eigenvalue weighted by Crippen LogP contribution is -2.50. The Kier molecular flexibility index (Phi) is 3.96. The van der Waals surface area contributed by atoms with Crippen LogP contribution in [0.1, 0.15) is 58.8 Å². The zero-order valence-electron chi connectivity index (χ0n) is 13.2. The number of nitrogens with one attached hydrogen (secondary N) is 1. The van der Waals surface area contributed by atoms with Crippen molar-refractivity contribution in [1.29, 1.82) is 0 Å². The first kappa shape index (κ1) is 15.8. The smallest absolute Gasteiger partial charge is 0.270 e. The van der Waals surface area contributed by atoms with Crippen LogP contribution in [0.5, 0.6) is 0 Å². The van der Waals surface area contributed by atoms with E-state index >= 15 is 0 Å². The van der Waals surface area contributed by atoms with Crippen LogP contribution in [0.3, 0.4) is 0 Å². The van der Waals surface area contributed by atoms with E-state index < -0.39 is 5.66 Å². The van der Waals surface area contributed by atoms with Gasteiger partial charge in [0.15, 0.2) is 0 Å². The molecule has 0 aromatic rings. The molecule has 3 fully saturated rings. The van der Waals surface area contributed by atoms with Crippen LogP contribution in [0.4, 0.5) is 0 Å². The Balaban J connectivity index is 1.95. The maximum absolute atomic E-state index is 12.5. The SMILES string of the molecule is CC(/C=C(\C)Br)=C1\C(=O)NC2(CCCC3(CC3)CC2)N1C=O. The van der Waals surface area contributed by atoms with E-state index in [2.05, 4.69) is 21.2 Å². The molecule has 1 heterocycles. The van der Waals surface area contributed by atoms with Crippen LogP contribution in [0.25, 0.3) is 0 Å². The van der Waals surface area contributed by atoms with Crippen LogP contribution >= 0.6 is 15.9 Å². The normalized spacial score (nSPS) is 33.0. The van der Waals surface area contributed by atoms with Crippen LogP contribution in [0.15, 0.2) is 21.8 Å². The highest BCUT2D eigenvalue weighted by molar-refractivity contribution is 9.11. The maximum atomic E-state index is 12.5. The molecule has 3 aliphatic rings. The molecular formula is C17H23BrN2O2. The van der Waals surface area contributed by atoms with E-state index in [0.29, 0.717) is 11.1 Å². The quantitative estimate of drug-likeness (QED) is 0.599. The summed E-state index contributed by atoms with van der Waals surface area (Å²) in [4.78, 5) is 26.0. The number of hydrogen-bond donors (Lipinski definition) is 1. The Morgan fingerprint density at radius 3 is 2.45 bits per heavy atom. The van der Waals surface area contributed by atoms with E-state index in [0.717, 1.165) is 42.1 Å². The minimum absolute atomic E-state index is 0.124. The lowest BCUT2D eigenvalue weighted by molar-refractivity contribution is -0.121. The van der Waals surface area contributed by atoms with Gasteiger partial charge in [-0.05, 0) is 80.3 Å². The predicted octanol–water partition coefficient (Wildman–Crippen LogP) is 3.59. The maximum Gasteiger partial charge on any atom is 0.270 e. The molecule has 5 heteroatoms. The third kappa shape index (κ3) is 2.64. The Labute approximate surface area is 140 Å². The lowest BCUT2D eigenvalue weighted by Gasteiger charge is -2.34. The molecule has 2 spiro atoms. The second kappa shape index (κ2) is 5.52. The number of halogens is 1. The molecule has 1 aliphatic heterocycles. The summed E-state index contributed by atoms with van der Waals surface area (Å²) in [7, 11) is 0. The molecule has 2 aliphatic carbocycles. The number of nitrogens with zero attached hydrogens (tertiary/aromatic N) is 1. The van der Waals surface area contributed by atoms with Gasteiger partial charge in [0.2, 0.25) is 6.41 Å². The molecule has 1 saturated heterocycles. The van der Waals surface area contributed by atoms with Gasteiger partial charge in [0, 0.05) is 0 Å². The Hall–Kier alpha value is -1.10. The van der Waals surface area contributed by atoms with Gasteiger partial charge in [-0.15, -0.1) is 0 Å². The van der Waals surface area contributed by atoms with Crippen molar-refractivity contribution in [1.82, 2.24) is 10.2 Å². The summed E-state index contributed by atoms with van der Waals surface area (Å²) in [6.07, 6.45) is 10.5. The van der Waals surface area contributed by atoms with Gasteiger partial charge in [0.05, 0.1) is 0 Å². The van der Waals surface area contributed by atoms with E-state index in [1.165, 1.54) is 19.3 Å². The Bertz CT molecular complexity index is 573. The topological polar surface area (TPSA) is 49.4 Å². The summed E-state index contributed by atoms with van der Waals surface area (Å²) in [5.74, 6) is -0.124. The van der Waals surface area contributed by atoms with E-state index in [-0.39, 0.29) is 5.91 Å². The van der Waals surface area contributed by atoms with E-state index in [1.807, 2.05) is 19.9 Å². The predicted molar refractivity (Wildman–Crippen MR) is 88.9 cm³/mol. The number of allylic oxidation sites excluding steroid dienone is 3. The summed E-state index contributed by atoms with van der Waals surface area (Å²) in [5.41, 5.74) is 1.33. The average molecular weight is 367 g/mol. The fraction of sp³-hybridized carbons (Fsp3) is 0.647. The van der Waals surface area contributed by atoms with Gasteiger partial charge < -0.3 is 5.32 Å². The molecule has 22 heavy (non-hydrogen) atoms. The molecule has 2 amide bonds. The zero-order chi connectivity index (χ0) is 16.0. The third-order valence-electron chi connectivity index (χ3n) is 5.48. The van der Waals surface area contributed by atoms with Crippen LogP contribution in [0, 0.1) is 5.41 Å². The molecule has 1 atom stereocenters. The molecule has 0 aromatic heterocycles. The number of hydrogen-bond acceptors (Lipinski definition) is 2. The fourth-order valence-electron chi connectivity index (χ4n) is 4.06. The first-order valence-electron chi connectivity index (χ1n) is 8.03. The van der Waals surface area contributed by atoms with Gasteiger partial charge in [-0.3, -0.25) is 14.5 Å². The molecule has 0 aromatic carbocycles. The number of amides is 2. The van der Waals surface area contributed by atoms with Crippen molar-refractivity contribution in [2.75, 3.05) is 0 Å². The Morgan fingerprint density at radius 1 is 1.18 bits per heavy atom. The summed E-state index contributed by atoms with van der Waals surface area (Å²) in [6.45, 7) is 3.80. The van der Waals surface area contributed by atoms with E-state index in [9.17, 15) is 9.59 Å². The highest BCUT2D eigenvalue weighted by Crippen LogP contribution is 2.57. The minimum atomic E-state index is -0.504. The van der Waals surface area contributed by atoms with Crippen LogP contribution in [0.2, 0.25) is 0 Å². The third-order valence-corrected chi connectivity index (χ3v) is 5.71. The van der Waals surface area contributed by atoms with Crippen LogP contribution in [-0.4, -0.2) is 22.9 Å². The van der Waals surface area contributed by atoms with Gasteiger partial charge in [-0.2, -0.15) is 0 Å². The van der Waals surface area contributed by atoms with Crippen molar-refractivity contribution in [3.05, 3.63) is 21.8 Å². The van der Waals surface area contributed by atoms with Crippen molar-refractivity contribution >= 4 is 28.2 Å². The molecular weight excluding hydrogens is 344 g/mol. The number of carbonyl (C=O) groups excluding carboxylic acids is 2. The summed E-state index contributed by atoms with van der Waals surface area (Å²) < 4.78 is 0.940. The van der Waals surface area contributed by atoms with Gasteiger partial charge in [0.25, 0.3) is 5.91 Å². The highest BCUT2D eigenvalue weighted by atomic mass is 79.9. The summed E-state index contributed by atoms with van der Waals surface area (Å²) >= 11 is 3.40. The average Bonchev–Trinajstić information content (AvgIpc) is 3.17. The molecule has 3 rings (SSSR count). The van der Waals surface area contributed by atoms with Crippen molar-refractivity contribution < 1.29 is 9.59 Å². The highest BCUT2D eigenvalue weighted by Gasteiger charge is 2.53. The van der Waals surface area contributed by atoms with E-state index in [1.54, 1.807) is 4.90 Å². The van der Waals surface area contributed by atoms with Gasteiger partial charge in [-0.1, -0.05) is 15.9 Å². The molecule has 0 radical (unpaired) electrons. The monoisotopic (exact) mass is 366 g/mol. The minimum Gasteiger partial charge on any atom is -0.327 e. The summed E-state index contributed by atoms with van der Waals surface area (Å²) in [6, 6.07) is 0. The van der Waals surface area contributed by atoms with Crippen molar-refractivity contribution in [2.45, 2.75) is 64.5 Å². The largest absolute Gasteiger partial charge is 0.327 e. The Morgan fingerprint density at radius 2 is 1.86 bits per heavy atom. The second-order valence-electron chi connectivity index (χ2n) is 7.08. The number of carbonyl (C=O) groups is 2. The second-order valence-corrected chi connectivity index (χ2v) is 8.33. The lowest BCUT2D eigenvalue weighted by atomic mass is 9.95. The standard InChI is InChI=1S/C17H23BrN2O2/c1-12(10-13(2)18)14-15(22)19-17(20(14)11-21)5-3-4-16(6-7-16)8-9-17/h10-11H,3-9H2,1-2H3,(H,19,22)/b13-10+,14-12-. The molecule has 1 unspecified atom stereocenters. The van der Waals surface area contributed by atoms with Crippen molar-refractivity contribution in [3.63, 3.8) is 0 Å². The van der Waals surface area contributed by atoms with E-state index in [4.69, 9.17) is 0 Å². The molecule has 1 N–H and O–H groups in total. The first-order chi connectivity index (χ1) is 10.4. The van der Waals surface area contributed by atoms with Crippen LogP contribution < -0.4 is 5.32 Å². The molecule has 120 valence electrons. The number of rotatable bonds is 2. The van der Waals surface area contributed by atoms with Crippen molar-refractivity contribution in [3.8, 4) is 0 Å². The van der Waals surface area contributed by atoms with Gasteiger partial charge >= 0.3 is 0 Å². The fourth-order valence-corrected chi connectivity index (χ4v) is 4.41. The van der Waals surface area contributed by atoms with Gasteiger partial charge in [0.1, 0.15) is 11.4 Å². The molecule has 2 saturated carbocycles. The molecule has 4 nitrogen and oxygen atoms in total. The summed E-state index contributed by atoms with van der Waals surface area (Å²) in [5, 5.41) is 3.13. The van der Waals surface area contributed by atoms with Crippen LogP contribution in [-0.2, 0) is 9.59 Å². The van der Waals surface area contributed by atoms with Crippen molar-refractivity contribution in [2.24, 2.45) is 5.41 Å². The van der Waals surface area contributed by atoms with Gasteiger partial charge in [-0.25, -0.2) is 0 Å². The molecule has 0 bridgehead atoms. The first-order valence-corrected chi connectivity index (χ1v) is 8.83.